The Hall–Kier alpha value is -3.07. The summed E-state index contributed by atoms with van der Waals surface area (Å²) >= 11 is 1.54. The predicted molar refractivity (Wildman–Crippen MR) is 112 cm³/mol. The van der Waals surface area contributed by atoms with Crippen molar-refractivity contribution in [2.75, 3.05) is 36.2 Å². The average molecular weight is 415 g/mol. The van der Waals surface area contributed by atoms with Crippen molar-refractivity contribution in [3.63, 3.8) is 0 Å². The summed E-state index contributed by atoms with van der Waals surface area (Å²) in [5.74, 6) is -1.27. The SMILES string of the molecule is CSc1cccc(NC(=O)COC(=O)c2ccc(N3CCCC3)c([N+](=O)[O-])c2)c1. The van der Waals surface area contributed by atoms with Crippen molar-refractivity contribution in [2.24, 2.45) is 0 Å². The van der Waals surface area contributed by atoms with Crippen LogP contribution in [0.25, 0.3) is 0 Å². The van der Waals surface area contributed by atoms with Crippen molar-refractivity contribution in [1.29, 1.82) is 0 Å². The zero-order valence-corrected chi connectivity index (χ0v) is 16.7. The summed E-state index contributed by atoms with van der Waals surface area (Å²) in [6.07, 6.45) is 3.89. The Balaban J connectivity index is 1.63. The monoisotopic (exact) mass is 415 g/mol. The summed E-state index contributed by atoms with van der Waals surface area (Å²) in [6, 6.07) is 11.5. The van der Waals surface area contributed by atoms with Crippen molar-refractivity contribution in [1.82, 2.24) is 0 Å². The highest BCUT2D eigenvalue weighted by Crippen LogP contribution is 2.31. The number of ether oxygens (including phenoxy) is 1. The summed E-state index contributed by atoms with van der Waals surface area (Å²) in [5, 5.41) is 14.1. The number of hydrogen-bond acceptors (Lipinski definition) is 7. The molecule has 0 radical (unpaired) electrons. The number of hydrogen-bond donors (Lipinski definition) is 1. The van der Waals surface area contributed by atoms with Crippen molar-refractivity contribution < 1.29 is 19.2 Å². The lowest BCUT2D eigenvalue weighted by Crippen LogP contribution is -2.21. The van der Waals surface area contributed by atoms with Crippen LogP contribution < -0.4 is 10.2 Å². The fourth-order valence-corrected chi connectivity index (χ4v) is 3.59. The smallest absolute Gasteiger partial charge is 0.338 e. The Morgan fingerprint density at radius 1 is 1.21 bits per heavy atom. The van der Waals surface area contributed by atoms with E-state index < -0.39 is 23.4 Å². The molecule has 0 aliphatic carbocycles. The van der Waals surface area contributed by atoms with Gasteiger partial charge in [0.1, 0.15) is 5.69 Å². The molecule has 152 valence electrons. The van der Waals surface area contributed by atoms with Gasteiger partial charge in [0.05, 0.1) is 10.5 Å². The van der Waals surface area contributed by atoms with E-state index in [1.807, 2.05) is 29.4 Å². The Morgan fingerprint density at radius 3 is 2.66 bits per heavy atom. The number of amides is 1. The molecule has 1 heterocycles. The second-order valence-corrected chi connectivity index (χ2v) is 7.39. The van der Waals surface area contributed by atoms with E-state index in [-0.39, 0.29) is 11.3 Å². The summed E-state index contributed by atoms with van der Waals surface area (Å²) in [5.41, 5.74) is 0.996. The molecule has 1 amide bonds. The third-order valence-corrected chi connectivity index (χ3v) is 5.27. The minimum absolute atomic E-state index is 0.0387. The van der Waals surface area contributed by atoms with Gasteiger partial charge in [-0.2, -0.15) is 0 Å². The highest BCUT2D eigenvalue weighted by Gasteiger charge is 2.24. The number of nitro groups is 1. The van der Waals surface area contributed by atoms with Gasteiger partial charge in [-0.1, -0.05) is 6.07 Å². The molecule has 0 unspecified atom stereocenters. The minimum atomic E-state index is -0.783. The summed E-state index contributed by atoms with van der Waals surface area (Å²) in [4.78, 5) is 38.2. The maximum atomic E-state index is 12.3. The maximum absolute atomic E-state index is 12.3. The van der Waals surface area contributed by atoms with Gasteiger partial charge >= 0.3 is 5.97 Å². The Morgan fingerprint density at radius 2 is 1.97 bits per heavy atom. The number of carbonyl (C=O) groups excluding carboxylic acids is 2. The van der Waals surface area contributed by atoms with Gasteiger partial charge in [0.2, 0.25) is 0 Å². The first-order valence-corrected chi connectivity index (χ1v) is 10.3. The van der Waals surface area contributed by atoms with E-state index in [1.54, 1.807) is 23.9 Å². The molecular formula is C20H21N3O5S. The van der Waals surface area contributed by atoms with Gasteiger partial charge in [-0.3, -0.25) is 14.9 Å². The van der Waals surface area contributed by atoms with Gasteiger partial charge in [0.25, 0.3) is 11.6 Å². The molecule has 0 bridgehead atoms. The molecule has 1 N–H and O–H groups in total. The molecule has 1 aliphatic rings. The van der Waals surface area contributed by atoms with Crippen LogP contribution in [0.5, 0.6) is 0 Å². The molecule has 2 aromatic carbocycles. The predicted octanol–water partition coefficient (Wildman–Crippen LogP) is 3.71. The molecule has 9 heteroatoms. The number of nitrogens with zero attached hydrogens (tertiary/aromatic N) is 2. The van der Waals surface area contributed by atoms with E-state index in [0.29, 0.717) is 11.4 Å². The molecule has 3 rings (SSSR count). The van der Waals surface area contributed by atoms with Crippen LogP contribution in [0.4, 0.5) is 17.1 Å². The molecule has 1 saturated heterocycles. The molecule has 29 heavy (non-hydrogen) atoms. The second kappa shape index (κ2) is 9.42. The Labute approximate surface area is 172 Å². The van der Waals surface area contributed by atoms with Crippen LogP contribution in [0.15, 0.2) is 47.4 Å². The van der Waals surface area contributed by atoms with Crippen LogP contribution in [-0.4, -0.2) is 42.8 Å². The van der Waals surface area contributed by atoms with E-state index in [1.165, 1.54) is 12.1 Å². The third kappa shape index (κ3) is 5.26. The molecule has 1 fully saturated rings. The largest absolute Gasteiger partial charge is 0.452 e. The van der Waals surface area contributed by atoms with Gasteiger partial charge in [0.15, 0.2) is 6.61 Å². The Kier molecular flexibility index (Phi) is 6.71. The van der Waals surface area contributed by atoms with Crippen LogP contribution in [0.1, 0.15) is 23.2 Å². The summed E-state index contributed by atoms with van der Waals surface area (Å²) in [7, 11) is 0. The van der Waals surface area contributed by atoms with Gasteiger partial charge in [-0.15, -0.1) is 11.8 Å². The fraction of sp³-hybridized carbons (Fsp3) is 0.300. The highest BCUT2D eigenvalue weighted by molar-refractivity contribution is 7.98. The van der Waals surface area contributed by atoms with Crippen LogP contribution in [0.3, 0.4) is 0 Å². The van der Waals surface area contributed by atoms with Crippen molar-refractivity contribution in [2.45, 2.75) is 17.7 Å². The topological polar surface area (TPSA) is 102 Å². The number of anilines is 2. The molecule has 0 spiro atoms. The third-order valence-electron chi connectivity index (χ3n) is 4.54. The molecule has 0 aromatic heterocycles. The zero-order valence-electron chi connectivity index (χ0n) is 15.9. The molecule has 2 aromatic rings. The number of thioether (sulfide) groups is 1. The summed E-state index contributed by atoms with van der Waals surface area (Å²) < 4.78 is 5.03. The van der Waals surface area contributed by atoms with E-state index in [9.17, 15) is 19.7 Å². The fourth-order valence-electron chi connectivity index (χ4n) is 3.13. The highest BCUT2D eigenvalue weighted by atomic mass is 32.2. The van der Waals surface area contributed by atoms with Crippen LogP contribution in [0, 0.1) is 10.1 Å². The van der Waals surface area contributed by atoms with Crippen molar-refractivity contribution >= 4 is 40.7 Å². The van der Waals surface area contributed by atoms with Crippen LogP contribution in [-0.2, 0) is 9.53 Å². The first kappa shape index (κ1) is 20.7. The van der Waals surface area contributed by atoms with E-state index in [4.69, 9.17) is 4.74 Å². The molecule has 0 saturated carbocycles. The van der Waals surface area contributed by atoms with Gasteiger partial charge < -0.3 is 15.0 Å². The standard InChI is InChI=1S/C20H21N3O5S/c1-29-16-6-4-5-15(12-16)21-19(24)13-28-20(25)14-7-8-17(18(11-14)23(26)27)22-9-2-3-10-22/h4-8,11-12H,2-3,9-10,13H2,1H3,(H,21,24). The lowest BCUT2D eigenvalue weighted by Gasteiger charge is -2.17. The Bertz CT molecular complexity index is 928. The number of benzene rings is 2. The maximum Gasteiger partial charge on any atom is 0.338 e. The number of esters is 1. The van der Waals surface area contributed by atoms with Crippen molar-refractivity contribution in [3.05, 3.63) is 58.1 Å². The first-order valence-electron chi connectivity index (χ1n) is 9.12. The lowest BCUT2D eigenvalue weighted by atomic mass is 10.1. The number of rotatable bonds is 7. The quantitative estimate of drug-likeness (QED) is 0.318. The number of nitro benzene ring substituents is 1. The molecular weight excluding hydrogens is 394 g/mol. The van der Waals surface area contributed by atoms with Gasteiger partial charge in [0, 0.05) is 29.7 Å². The van der Waals surface area contributed by atoms with E-state index >= 15 is 0 Å². The van der Waals surface area contributed by atoms with Crippen LogP contribution in [0.2, 0.25) is 0 Å². The zero-order chi connectivity index (χ0) is 20.8. The van der Waals surface area contributed by atoms with Gasteiger partial charge in [-0.05, 0) is 49.4 Å². The average Bonchev–Trinajstić information content (AvgIpc) is 3.26. The number of nitrogens with one attached hydrogen (secondary N) is 1. The lowest BCUT2D eigenvalue weighted by molar-refractivity contribution is -0.384. The first-order chi connectivity index (χ1) is 14.0. The molecule has 1 aliphatic heterocycles. The van der Waals surface area contributed by atoms with E-state index in [2.05, 4.69) is 5.32 Å². The van der Waals surface area contributed by atoms with Crippen LogP contribution >= 0.6 is 11.8 Å². The number of carbonyl (C=O) groups is 2. The summed E-state index contributed by atoms with van der Waals surface area (Å²) in [6.45, 7) is 1.02. The second-order valence-electron chi connectivity index (χ2n) is 6.51. The normalized spacial score (nSPS) is 13.2. The van der Waals surface area contributed by atoms with E-state index in [0.717, 1.165) is 30.8 Å². The molecule has 0 atom stereocenters. The molecule has 8 nitrogen and oxygen atoms in total. The minimum Gasteiger partial charge on any atom is -0.452 e. The van der Waals surface area contributed by atoms with Crippen molar-refractivity contribution in [3.8, 4) is 0 Å². The van der Waals surface area contributed by atoms with Gasteiger partial charge in [-0.25, -0.2) is 4.79 Å².